The molecule has 1 saturated carbocycles. The van der Waals surface area contributed by atoms with E-state index in [0.717, 1.165) is 19.3 Å². The number of aliphatic hydroxyl groups excluding tert-OH is 1. The van der Waals surface area contributed by atoms with Gasteiger partial charge in [-0.15, -0.1) is 0 Å². The summed E-state index contributed by atoms with van der Waals surface area (Å²) >= 11 is 0. The third-order valence-corrected chi connectivity index (χ3v) is 4.07. The molecule has 0 saturated heterocycles. The first-order valence-corrected chi connectivity index (χ1v) is 7.36. The molecular weight excluding hydrogens is 228 g/mol. The lowest BCUT2D eigenvalue weighted by Crippen LogP contribution is -2.49. The van der Waals surface area contributed by atoms with E-state index in [4.69, 9.17) is 0 Å². The molecule has 1 aliphatic rings. The predicted molar refractivity (Wildman–Crippen MR) is 63.2 cm³/mol. The van der Waals surface area contributed by atoms with Crippen LogP contribution in [0.1, 0.15) is 46.0 Å². The van der Waals surface area contributed by atoms with Gasteiger partial charge in [0, 0.05) is 12.1 Å². The Hall–Kier alpha value is -0.170. The zero-order valence-corrected chi connectivity index (χ0v) is 10.8. The van der Waals surface area contributed by atoms with E-state index in [1.165, 1.54) is 0 Å². The topological polar surface area (TPSA) is 78.4 Å². The summed E-state index contributed by atoms with van der Waals surface area (Å²) in [5.41, 5.74) is 0. The summed E-state index contributed by atoms with van der Waals surface area (Å²) in [6.45, 7) is 3.53. The summed E-state index contributed by atoms with van der Waals surface area (Å²) in [4.78, 5) is 0. The molecule has 0 aromatic carbocycles. The van der Waals surface area contributed by atoms with E-state index in [-0.39, 0.29) is 12.1 Å². The van der Waals surface area contributed by atoms with Crippen molar-refractivity contribution in [2.24, 2.45) is 0 Å². The van der Waals surface area contributed by atoms with Crippen LogP contribution >= 0.6 is 0 Å². The van der Waals surface area contributed by atoms with Crippen LogP contribution in [0, 0.1) is 0 Å². The molecule has 6 heteroatoms. The molecule has 16 heavy (non-hydrogen) atoms. The van der Waals surface area contributed by atoms with Crippen LogP contribution < -0.4 is 9.44 Å². The Balaban J connectivity index is 2.57. The van der Waals surface area contributed by atoms with Gasteiger partial charge in [-0.25, -0.2) is 0 Å². The fraction of sp³-hybridized carbons (Fsp3) is 1.00. The molecular formula is C10H22N2O3S. The van der Waals surface area contributed by atoms with Gasteiger partial charge in [0.1, 0.15) is 0 Å². The van der Waals surface area contributed by atoms with E-state index in [1.807, 2.05) is 0 Å². The van der Waals surface area contributed by atoms with Gasteiger partial charge >= 0.3 is 0 Å². The van der Waals surface area contributed by atoms with Gasteiger partial charge in [0.25, 0.3) is 10.2 Å². The predicted octanol–water partition coefficient (Wildman–Crippen LogP) is 0.512. The third-order valence-electron chi connectivity index (χ3n) is 2.68. The number of nitrogens with one attached hydrogen (secondary N) is 2. The first-order valence-electron chi connectivity index (χ1n) is 5.88. The summed E-state index contributed by atoms with van der Waals surface area (Å²) in [6, 6.07) is -0.487. The maximum absolute atomic E-state index is 11.6. The highest BCUT2D eigenvalue weighted by Gasteiger charge is 2.26. The summed E-state index contributed by atoms with van der Waals surface area (Å²) in [7, 11) is -3.49. The van der Waals surface area contributed by atoms with Crippen LogP contribution in [0.25, 0.3) is 0 Å². The molecule has 0 aliphatic heterocycles. The zero-order chi connectivity index (χ0) is 12.2. The van der Waals surface area contributed by atoms with Crippen molar-refractivity contribution < 1.29 is 13.5 Å². The lowest BCUT2D eigenvalue weighted by atomic mass is 10.1. The maximum Gasteiger partial charge on any atom is 0.277 e. The quantitative estimate of drug-likeness (QED) is 0.636. The second kappa shape index (κ2) is 5.95. The van der Waals surface area contributed by atoms with E-state index in [0.29, 0.717) is 12.8 Å². The number of rotatable bonds is 4. The van der Waals surface area contributed by atoms with Crippen LogP contribution in [-0.4, -0.2) is 31.7 Å². The third kappa shape index (κ3) is 4.78. The normalized spacial score (nSPS) is 28.0. The van der Waals surface area contributed by atoms with Gasteiger partial charge in [-0.05, 0) is 26.7 Å². The monoisotopic (exact) mass is 250 g/mol. The van der Waals surface area contributed by atoms with Gasteiger partial charge in [0.15, 0.2) is 0 Å². The molecule has 5 nitrogen and oxygen atoms in total. The highest BCUT2D eigenvalue weighted by molar-refractivity contribution is 7.87. The molecule has 1 rings (SSSR count). The van der Waals surface area contributed by atoms with E-state index in [2.05, 4.69) is 9.44 Å². The highest BCUT2D eigenvalue weighted by Crippen LogP contribution is 2.18. The van der Waals surface area contributed by atoms with Crippen LogP contribution in [0.2, 0.25) is 0 Å². The SMILES string of the molecule is CC(C)NS(=O)(=O)NC1CCCCCC1O. The average Bonchev–Trinajstić information content (AvgIpc) is 2.29. The Kier molecular flexibility index (Phi) is 5.17. The van der Waals surface area contributed by atoms with Crippen molar-refractivity contribution in [2.45, 2.75) is 64.1 Å². The molecule has 1 aliphatic carbocycles. The second-order valence-electron chi connectivity index (χ2n) is 4.71. The molecule has 0 spiro atoms. The van der Waals surface area contributed by atoms with E-state index in [1.54, 1.807) is 13.8 Å². The molecule has 96 valence electrons. The van der Waals surface area contributed by atoms with Gasteiger partial charge in [-0.1, -0.05) is 19.3 Å². The number of aliphatic hydroxyl groups is 1. The lowest BCUT2D eigenvalue weighted by molar-refractivity contribution is 0.130. The van der Waals surface area contributed by atoms with Crippen molar-refractivity contribution in [3.8, 4) is 0 Å². The van der Waals surface area contributed by atoms with Crippen LogP contribution in [0.3, 0.4) is 0 Å². The summed E-state index contributed by atoms with van der Waals surface area (Å²) < 4.78 is 28.3. The Labute approximate surface area is 97.8 Å². The zero-order valence-electron chi connectivity index (χ0n) is 9.94. The molecule has 3 N–H and O–H groups in total. The molecule has 0 radical (unpaired) electrons. The van der Waals surface area contributed by atoms with Crippen LogP contribution in [0.5, 0.6) is 0 Å². The van der Waals surface area contributed by atoms with Crippen molar-refractivity contribution >= 4 is 10.2 Å². The Morgan fingerprint density at radius 2 is 1.81 bits per heavy atom. The molecule has 0 amide bonds. The van der Waals surface area contributed by atoms with Gasteiger partial charge < -0.3 is 5.11 Å². The molecule has 2 unspecified atom stereocenters. The standard InChI is InChI=1S/C10H22N2O3S/c1-8(2)11-16(14,15)12-9-6-4-3-5-7-10(9)13/h8-13H,3-7H2,1-2H3. The Bertz CT molecular complexity index is 303. The first-order chi connectivity index (χ1) is 7.41. The van der Waals surface area contributed by atoms with E-state index < -0.39 is 16.3 Å². The van der Waals surface area contributed by atoms with Gasteiger partial charge in [-0.3, -0.25) is 0 Å². The first kappa shape index (κ1) is 13.9. The molecule has 0 aromatic rings. The van der Waals surface area contributed by atoms with Crippen LogP contribution in [0.15, 0.2) is 0 Å². The molecule has 0 aromatic heterocycles. The summed E-state index contributed by atoms with van der Waals surface area (Å²) in [5, 5.41) is 9.79. The van der Waals surface area contributed by atoms with Crippen LogP contribution in [-0.2, 0) is 10.2 Å². The minimum absolute atomic E-state index is 0.138. The molecule has 0 heterocycles. The Morgan fingerprint density at radius 1 is 1.19 bits per heavy atom. The smallest absolute Gasteiger partial charge is 0.277 e. The average molecular weight is 250 g/mol. The lowest BCUT2D eigenvalue weighted by Gasteiger charge is -2.22. The Morgan fingerprint density at radius 3 is 2.44 bits per heavy atom. The minimum Gasteiger partial charge on any atom is -0.391 e. The maximum atomic E-state index is 11.6. The van der Waals surface area contributed by atoms with Crippen LogP contribution in [0.4, 0.5) is 0 Å². The number of hydrogen-bond donors (Lipinski definition) is 3. The van der Waals surface area contributed by atoms with Crippen molar-refractivity contribution in [2.75, 3.05) is 0 Å². The largest absolute Gasteiger partial charge is 0.391 e. The van der Waals surface area contributed by atoms with Crippen molar-refractivity contribution in [3.05, 3.63) is 0 Å². The van der Waals surface area contributed by atoms with Crippen molar-refractivity contribution in [1.29, 1.82) is 0 Å². The number of hydrogen-bond acceptors (Lipinski definition) is 3. The fourth-order valence-electron chi connectivity index (χ4n) is 1.97. The highest BCUT2D eigenvalue weighted by atomic mass is 32.2. The fourth-order valence-corrected chi connectivity index (χ4v) is 3.33. The second-order valence-corrected chi connectivity index (χ2v) is 6.18. The van der Waals surface area contributed by atoms with Crippen molar-refractivity contribution in [3.63, 3.8) is 0 Å². The van der Waals surface area contributed by atoms with Crippen molar-refractivity contribution in [1.82, 2.24) is 9.44 Å². The van der Waals surface area contributed by atoms with E-state index >= 15 is 0 Å². The summed E-state index contributed by atoms with van der Waals surface area (Å²) in [5.74, 6) is 0. The minimum atomic E-state index is -3.49. The van der Waals surface area contributed by atoms with Gasteiger partial charge in [0.05, 0.1) is 6.10 Å². The van der Waals surface area contributed by atoms with E-state index in [9.17, 15) is 13.5 Å². The molecule has 2 atom stereocenters. The summed E-state index contributed by atoms with van der Waals surface area (Å²) in [6.07, 6.45) is 3.82. The van der Waals surface area contributed by atoms with Gasteiger partial charge in [-0.2, -0.15) is 17.9 Å². The molecule has 1 fully saturated rings. The van der Waals surface area contributed by atoms with Gasteiger partial charge in [0.2, 0.25) is 0 Å². The molecule has 0 bridgehead atoms.